The molecule has 2 aliphatic heterocycles. The van der Waals surface area contributed by atoms with Crippen molar-refractivity contribution in [1.82, 2.24) is 15.3 Å². The van der Waals surface area contributed by atoms with E-state index < -0.39 is 12.0 Å². The van der Waals surface area contributed by atoms with Crippen LogP contribution >= 0.6 is 0 Å². The number of imide groups is 1. The summed E-state index contributed by atoms with van der Waals surface area (Å²) in [5, 5.41) is 3.37. The van der Waals surface area contributed by atoms with Gasteiger partial charge in [0.05, 0.1) is 30.3 Å². The van der Waals surface area contributed by atoms with Crippen molar-refractivity contribution < 1.29 is 19.1 Å². The lowest BCUT2D eigenvalue weighted by molar-refractivity contribution is -0.121. The summed E-state index contributed by atoms with van der Waals surface area (Å²) in [5.74, 6) is -0.189. The first-order valence-corrected chi connectivity index (χ1v) is 11.5. The lowest BCUT2D eigenvalue weighted by Crippen LogP contribution is -2.49. The van der Waals surface area contributed by atoms with E-state index in [0.29, 0.717) is 23.8 Å². The number of ether oxygens (including phenoxy) is 1. The number of nitrogens with one attached hydrogen (secondary N) is 1. The van der Waals surface area contributed by atoms with Crippen molar-refractivity contribution in [1.29, 1.82) is 0 Å². The Morgan fingerprint density at radius 2 is 1.82 bits per heavy atom. The molecule has 174 valence electrons. The van der Waals surface area contributed by atoms with Gasteiger partial charge in [-0.25, -0.2) is 19.7 Å². The fourth-order valence-electron chi connectivity index (χ4n) is 4.16. The van der Waals surface area contributed by atoms with Crippen LogP contribution in [0.15, 0.2) is 42.7 Å². The second-order valence-electron chi connectivity index (χ2n) is 8.34. The number of piperidine rings is 1. The molecule has 9 heteroatoms. The molecule has 1 aromatic carbocycles. The standard InChI is InChI=1S/C24H29N5O4/c1-2-3-15-33-23(32)17-5-7-19(8-6-17)29-21(30)16-20(22(29)31)27-18-9-13-28(14-10-18)24-25-11-4-12-26-24/h4-8,11-12,18,20,27H,2-3,9-10,13-16H2,1H3/t20-/m1/s1. The fourth-order valence-corrected chi connectivity index (χ4v) is 4.16. The maximum Gasteiger partial charge on any atom is 0.338 e. The molecule has 1 atom stereocenters. The largest absolute Gasteiger partial charge is 0.462 e. The van der Waals surface area contributed by atoms with Crippen LogP contribution in [0.4, 0.5) is 11.6 Å². The van der Waals surface area contributed by atoms with Crippen molar-refractivity contribution >= 4 is 29.4 Å². The predicted molar refractivity (Wildman–Crippen MR) is 123 cm³/mol. The van der Waals surface area contributed by atoms with Crippen LogP contribution in [-0.2, 0) is 14.3 Å². The zero-order chi connectivity index (χ0) is 23.2. The van der Waals surface area contributed by atoms with Gasteiger partial charge in [-0.1, -0.05) is 13.3 Å². The highest BCUT2D eigenvalue weighted by atomic mass is 16.5. The summed E-state index contributed by atoms with van der Waals surface area (Å²) in [4.78, 5) is 49.6. The molecule has 2 saturated heterocycles. The molecule has 9 nitrogen and oxygen atoms in total. The van der Waals surface area contributed by atoms with Crippen LogP contribution in [0.3, 0.4) is 0 Å². The molecule has 3 heterocycles. The molecule has 0 saturated carbocycles. The summed E-state index contributed by atoms with van der Waals surface area (Å²) in [6.07, 6.45) is 7.02. The molecule has 1 N–H and O–H groups in total. The van der Waals surface area contributed by atoms with Crippen molar-refractivity contribution in [2.24, 2.45) is 0 Å². The first-order chi connectivity index (χ1) is 16.1. The van der Waals surface area contributed by atoms with Crippen molar-refractivity contribution in [3.05, 3.63) is 48.3 Å². The highest BCUT2D eigenvalue weighted by Crippen LogP contribution is 2.25. The van der Waals surface area contributed by atoms with Gasteiger partial charge in [-0.05, 0) is 49.6 Å². The molecule has 0 bridgehead atoms. The Hall–Kier alpha value is -3.33. The molecule has 4 rings (SSSR count). The van der Waals surface area contributed by atoms with Gasteiger partial charge in [0.1, 0.15) is 0 Å². The number of nitrogens with zero attached hydrogens (tertiary/aromatic N) is 4. The van der Waals surface area contributed by atoms with Crippen LogP contribution < -0.4 is 15.1 Å². The van der Waals surface area contributed by atoms with Crippen molar-refractivity contribution in [2.75, 3.05) is 29.5 Å². The lowest BCUT2D eigenvalue weighted by atomic mass is 10.0. The molecular formula is C24H29N5O4. The van der Waals surface area contributed by atoms with Gasteiger partial charge in [-0.15, -0.1) is 0 Å². The molecule has 33 heavy (non-hydrogen) atoms. The number of unbranched alkanes of at least 4 members (excludes halogenated alkanes) is 1. The second-order valence-corrected chi connectivity index (χ2v) is 8.34. The van der Waals surface area contributed by atoms with Crippen LogP contribution in [0.5, 0.6) is 0 Å². The molecule has 2 aromatic rings. The zero-order valence-electron chi connectivity index (χ0n) is 18.8. The summed E-state index contributed by atoms with van der Waals surface area (Å²) >= 11 is 0. The van der Waals surface area contributed by atoms with Gasteiger partial charge in [-0.2, -0.15) is 0 Å². The van der Waals surface area contributed by atoms with Gasteiger partial charge in [0.2, 0.25) is 11.9 Å². The predicted octanol–water partition coefficient (Wildman–Crippen LogP) is 2.32. The fraction of sp³-hybridized carbons (Fsp3) is 0.458. The van der Waals surface area contributed by atoms with Crippen LogP contribution in [0.1, 0.15) is 49.4 Å². The van der Waals surface area contributed by atoms with E-state index in [2.05, 4.69) is 20.2 Å². The zero-order valence-corrected chi connectivity index (χ0v) is 18.8. The van der Waals surface area contributed by atoms with Gasteiger partial charge < -0.3 is 15.0 Å². The molecule has 1 aromatic heterocycles. The Bertz CT molecular complexity index is 974. The van der Waals surface area contributed by atoms with E-state index in [9.17, 15) is 14.4 Å². The molecule has 0 aliphatic carbocycles. The van der Waals surface area contributed by atoms with E-state index in [-0.39, 0.29) is 24.3 Å². The number of aromatic nitrogens is 2. The molecule has 2 fully saturated rings. The minimum atomic E-state index is -0.541. The number of amides is 2. The summed E-state index contributed by atoms with van der Waals surface area (Å²) in [5.41, 5.74) is 0.869. The number of carbonyl (C=O) groups excluding carboxylic acids is 3. The monoisotopic (exact) mass is 451 g/mol. The van der Waals surface area contributed by atoms with E-state index in [1.807, 2.05) is 6.92 Å². The van der Waals surface area contributed by atoms with Crippen LogP contribution in [-0.4, -0.2) is 59.5 Å². The first kappa shape index (κ1) is 22.8. The van der Waals surface area contributed by atoms with E-state index in [1.165, 1.54) is 4.90 Å². The number of benzene rings is 1. The maximum atomic E-state index is 13.0. The van der Waals surface area contributed by atoms with Gasteiger partial charge in [0.15, 0.2) is 0 Å². The average molecular weight is 452 g/mol. The molecule has 0 spiro atoms. The molecule has 0 unspecified atom stereocenters. The summed E-state index contributed by atoms with van der Waals surface area (Å²) in [6, 6.07) is 7.81. The number of esters is 1. The minimum absolute atomic E-state index is 0.127. The second kappa shape index (κ2) is 10.5. The highest BCUT2D eigenvalue weighted by Gasteiger charge is 2.40. The van der Waals surface area contributed by atoms with Gasteiger partial charge in [-0.3, -0.25) is 9.59 Å². The topological polar surface area (TPSA) is 105 Å². The van der Waals surface area contributed by atoms with Crippen LogP contribution in [0.25, 0.3) is 0 Å². The first-order valence-electron chi connectivity index (χ1n) is 11.5. The number of carbonyl (C=O) groups is 3. The van der Waals surface area contributed by atoms with Crippen molar-refractivity contribution in [2.45, 2.75) is 51.1 Å². The third-order valence-electron chi connectivity index (χ3n) is 6.01. The maximum absolute atomic E-state index is 13.0. The van der Waals surface area contributed by atoms with Gasteiger partial charge in [0, 0.05) is 31.5 Å². The van der Waals surface area contributed by atoms with Gasteiger partial charge >= 0.3 is 5.97 Å². The third kappa shape index (κ3) is 5.36. The lowest BCUT2D eigenvalue weighted by Gasteiger charge is -2.33. The summed E-state index contributed by atoms with van der Waals surface area (Å²) < 4.78 is 5.21. The van der Waals surface area contributed by atoms with Gasteiger partial charge in [0.25, 0.3) is 5.91 Å². The Kier molecular flexibility index (Phi) is 7.29. The molecular weight excluding hydrogens is 422 g/mol. The molecule has 2 aliphatic rings. The Balaban J connectivity index is 1.32. The SMILES string of the molecule is CCCCOC(=O)c1ccc(N2C(=O)C[C@@H](NC3CCN(c4ncccn4)CC3)C2=O)cc1. The number of rotatable bonds is 8. The smallest absolute Gasteiger partial charge is 0.338 e. The quantitative estimate of drug-likeness (QED) is 0.370. The number of hydrogen-bond donors (Lipinski definition) is 1. The Morgan fingerprint density at radius 3 is 2.48 bits per heavy atom. The van der Waals surface area contributed by atoms with E-state index in [4.69, 9.17) is 4.74 Å². The van der Waals surface area contributed by atoms with Crippen LogP contribution in [0.2, 0.25) is 0 Å². The Morgan fingerprint density at radius 1 is 1.12 bits per heavy atom. The Labute approximate surface area is 193 Å². The van der Waals surface area contributed by atoms with E-state index >= 15 is 0 Å². The highest BCUT2D eigenvalue weighted by molar-refractivity contribution is 6.22. The summed E-state index contributed by atoms with van der Waals surface area (Å²) in [6.45, 7) is 3.98. The molecule has 2 amide bonds. The average Bonchev–Trinajstić information content (AvgIpc) is 3.12. The van der Waals surface area contributed by atoms with E-state index in [0.717, 1.165) is 38.8 Å². The number of hydrogen-bond acceptors (Lipinski definition) is 8. The molecule has 0 radical (unpaired) electrons. The van der Waals surface area contributed by atoms with Crippen molar-refractivity contribution in [3.8, 4) is 0 Å². The summed E-state index contributed by atoms with van der Waals surface area (Å²) in [7, 11) is 0. The minimum Gasteiger partial charge on any atom is -0.462 e. The normalized spacial score (nSPS) is 19.2. The van der Waals surface area contributed by atoms with Crippen LogP contribution in [0, 0.1) is 0 Å². The third-order valence-corrected chi connectivity index (χ3v) is 6.01. The number of anilines is 2. The van der Waals surface area contributed by atoms with E-state index in [1.54, 1.807) is 42.7 Å². The van der Waals surface area contributed by atoms with Crippen molar-refractivity contribution in [3.63, 3.8) is 0 Å².